The van der Waals surface area contributed by atoms with Crippen molar-refractivity contribution in [3.63, 3.8) is 0 Å². The number of benzene rings is 1. The lowest BCUT2D eigenvalue weighted by atomic mass is 10.2. The highest BCUT2D eigenvalue weighted by Crippen LogP contribution is 2.29. The van der Waals surface area contributed by atoms with E-state index in [0.29, 0.717) is 0 Å². The van der Waals surface area contributed by atoms with E-state index in [4.69, 9.17) is 5.73 Å². The average molecular weight is 277 g/mol. The minimum absolute atomic E-state index is 0.740. The molecule has 102 valence electrons. The maximum atomic E-state index is 6.06. The van der Waals surface area contributed by atoms with Crippen LogP contribution < -0.4 is 5.73 Å². The first kappa shape index (κ1) is 13.9. The summed E-state index contributed by atoms with van der Waals surface area (Å²) in [4.78, 5) is 1.09. The molecule has 1 aromatic carbocycles. The van der Waals surface area contributed by atoms with E-state index in [2.05, 4.69) is 22.4 Å². The molecule has 0 saturated heterocycles. The number of hydrogen-bond donors (Lipinski definition) is 1. The van der Waals surface area contributed by atoms with Gasteiger partial charge in [-0.2, -0.15) is 0 Å². The summed E-state index contributed by atoms with van der Waals surface area (Å²) in [6, 6.07) is 6.08. The van der Waals surface area contributed by atoms with Gasteiger partial charge in [0, 0.05) is 17.1 Å². The van der Waals surface area contributed by atoms with Crippen LogP contribution in [-0.4, -0.2) is 20.2 Å². The summed E-state index contributed by atoms with van der Waals surface area (Å²) in [5, 5.41) is 11.8. The van der Waals surface area contributed by atoms with Crippen molar-refractivity contribution in [3.05, 3.63) is 29.6 Å². The SMILES string of the molecule is CCCCn1nnnc1CSc1cccc(C)c1N. The van der Waals surface area contributed by atoms with Crippen molar-refractivity contribution in [1.29, 1.82) is 0 Å². The zero-order valence-electron chi connectivity index (χ0n) is 11.3. The molecule has 0 unspecified atom stereocenters. The van der Waals surface area contributed by atoms with Crippen LogP contribution in [-0.2, 0) is 12.3 Å². The number of nitrogen functional groups attached to an aromatic ring is 1. The quantitative estimate of drug-likeness (QED) is 0.649. The van der Waals surface area contributed by atoms with Gasteiger partial charge in [-0.25, -0.2) is 4.68 Å². The summed E-state index contributed by atoms with van der Waals surface area (Å²) in [6.45, 7) is 5.06. The van der Waals surface area contributed by atoms with Crippen LogP contribution in [0.15, 0.2) is 23.1 Å². The Morgan fingerprint density at radius 2 is 2.21 bits per heavy atom. The third-order valence-corrected chi connectivity index (χ3v) is 4.04. The molecule has 1 heterocycles. The van der Waals surface area contributed by atoms with Crippen LogP contribution in [0.5, 0.6) is 0 Å². The fraction of sp³-hybridized carbons (Fsp3) is 0.462. The van der Waals surface area contributed by atoms with Crippen LogP contribution in [0.1, 0.15) is 31.2 Å². The minimum Gasteiger partial charge on any atom is -0.398 e. The molecule has 2 N–H and O–H groups in total. The maximum absolute atomic E-state index is 6.06. The number of tetrazole rings is 1. The number of anilines is 1. The average Bonchev–Trinajstić information content (AvgIpc) is 2.85. The van der Waals surface area contributed by atoms with E-state index in [0.717, 1.165) is 47.1 Å². The van der Waals surface area contributed by atoms with Gasteiger partial charge in [-0.05, 0) is 35.4 Å². The van der Waals surface area contributed by atoms with Gasteiger partial charge in [-0.1, -0.05) is 25.5 Å². The predicted molar refractivity (Wildman–Crippen MR) is 77.9 cm³/mol. The van der Waals surface area contributed by atoms with Crippen molar-refractivity contribution in [2.45, 2.75) is 43.9 Å². The number of aryl methyl sites for hydroxylation is 2. The molecular weight excluding hydrogens is 258 g/mol. The highest BCUT2D eigenvalue weighted by molar-refractivity contribution is 7.98. The Bertz CT molecular complexity index is 538. The first-order valence-electron chi connectivity index (χ1n) is 6.45. The molecule has 6 heteroatoms. The van der Waals surface area contributed by atoms with Crippen molar-refractivity contribution in [2.24, 2.45) is 0 Å². The van der Waals surface area contributed by atoms with Gasteiger partial charge >= 0.3 is 0 Å². The van der Waals surface area contributed by atoms with Gasteiger partial charge in [0.15, 0.2) is 5.82 Å². The van der Waals surface area contributed by atoms with E-state index in [1.54, 1.807) is 11.8 Å². The van der Waals surface area contributed by atoms with E-state index in [1.807, 2.05) is 29.8 Å². The second-order valence-corrected chi connectivity index (χ2v) is 5.46. The Balaban J connectivity index is 2.02. The van der Waals surface area contributed by atoms with Crippen molar-refractivity contribution in [2.75, 3.05) is 5.73 Å². The lowest BCUT2D eigenvalue weighted by Gasteiger charge is -2.07. The summed E-state index contributed by atoms with van der Waals surface area (Å²) in [6.07, 6.45) is 2.23. The van der Waals surface area contributed by atoms with Gasteiger partial charge < -0.3 is 5.73 Å². The second kappa shape index (κ2) is 6.56. The highest BCUT2D eigenvalue weighted by Gasteiger charge is 2.08. The fourth-order valence-corrected chi connectivity index (χ4v) is 2.71. The van der Waals surface area contributed by atoms with Gasteiger partial charge in [0.1, 0.15) is 0 Å². The fourth-order valence-electron chi connectivity index (χ4n) is 1.73. The summed E-state index contributed by atoms with van der Waals surface area (Å²) in [5.41, 5.74) is 8.02. The van der Waals surface area contributed by atoms with Crippen LogP contribution in [0.4, 0.5) is 5.69 Å². The van der Waals surface area contributed by atoms with Crippen molar-refractivity contribution < 1.29 is 0 Å². The molecule has 0 saturated carbocycles. The maximum Gasteiger partial charge on any atom is 0.161 e. The normalized spacial score (nSPS) is 10.8. The van der Waals surface area contributed by atoms with E-state index in [-0.39, 0.29) is 0 Å². The first-order valence-corrected chi connectivity index (χ1v) is 7.44. The number of thioether (sulfide) groups is 1. The number of unbranched alkanes of at least 4 members (excludes halogenated alkanes) is 1. The summed E-state index contributed by atoms with van der Waals surface area (Å²) < 4.78 is 1.88. The van der Waals surface area contributed by atoms with Crippen LogP contribution in [0.3, 0.4) is 0 Å². The van der Waals surface area contributed by atoms with Gasteiger partial charge in [0.25, 0.3) is 0 Å². The molecule has 5 nitrogen and oxygen atoms in total. The predicted octanol–water partition coefficient (Wildman–Crippen LogP) is 2.66. The number of nitrogens with zero attached hydrogens (tertiary/aromatic N) is 4. The van der Waals surface area contributed by atoms with E-state index < -0.39 is 0 Å². The molecule has 0 bridgehead atoms. The second-order valence-electron chi connectivity index (χ2n) is 4.45. The Labute approximate surface area is 117 Å². The third-order valence-electron chi connectivity index (χ3n) is 2.97. The van der Waals surface area contributed by atoms with Gasteiger partial charge in [0.05, 0.1) is 5.75 Å². The van der Waals surface area contributed by atoms with Crippen molar-refractivity contribution >= 4 is 17.4 Å². The Hall–Kier alpha value is -1.56. The standard InChI is InChI=1S/C13H19N5S/c1-3-4-8-18-12(15-16-17-18)9-19-11-7-5-6-10(2)13(11)14/h5-7H,3-4,8-9,14H2,1-2H3. The minimum atomic E-state index is 0.740. The van der Waals surface area contributed by atoms with Gasteiger partial charge in [-0.3, -0.25) is 0 Å². The Morgan fingerprint density at radius 3 is 3.00 bits per heavy atom. The summed E-state index contributed by atoms with van der Waals surface area (Å²) >= 11 is 1.68. The van der Waals surface area contributed by atoms with Crippen molar-refractivity contribution in [1.82, 2.24) is 20.2 Å². The molecule has 0 radical (unpaired) electrons. The number of hydrogen-bond acceptors (Lipinski definition) is 5. The smallest absolute Gasteiger partial charge is 0.161 e. The molecule has 2 aromatic rings. The Morgan fingerprint density at radius 1 is 1.37 bits per heavy atom. The van der Waals surface area contributed by atoms with Gasteiger partial charge in [0.2, 0.25) is 0 Å². The summed E-state index contributed by atoms with van der Waals surface area (Å²) in [7, 11) is 0. The lowest BCUT2D eigenvalue weighted by Crippen LogP contribution is -2.05. The van der Waals surface area contributed by atoms with Crippen LogP contribution in [0.25, 0.3) is 0 Å². The molecule has 0 aliphatic carbocycles. The van der Waals surface area contributed by atoms with E-state index in [9.17, 15) is 0 Å². The van der Waals surface area contributed by atoms with Crippen LogP contribution in [0.2, 0.25) is 0 Å². The van der Waals surface area contributed by atoms with Crippen LogP contribution >= 0.6 is 11.8 Å². The topological polar surface area (TPSA) is 69.6 Å². The summed E-state index contributed by atoms with van der Waals surface area (Å²) in [5.74, 6) is 1.64. The number of rotatable bonds is 6. The molecule has 0 fully saturated rings. The molecule has 0 aliphatic heterocycles. The van der Waals surface area contributed by atoms with E-state index >= 15 is 0 Å². The number of nitrogens with two attached hydrogens (primary N) is 1. The molecular formula is C13H19N5S. The van der Waals surface area contributed by atoms with Crippen molar-refractivity contribution in [3.8, 4) is 0 Å². The largest absolute Gasteiger partial charge is 0.398 e. The highest BCUT2D eigenvalue weighted by atomic mass is 32.2. The van der Waals surface area contributed by atoms with E-state index in [1.165, 1.54) is 0 Å². The number of aromatic nitrogens is 4. The zero-order valence-corrected chi connectivity index (χ0v) is 12.2. The monoisotopic (exact) mass is 277 g/mol. The molecule has 0 aliphatic rings. The zero-order chi connectivity index (χ0) is 13.7. The number of para-hydroxylation sites is 1. The van der Waals surface area contributed by atoms with Gasteiger partial charge in [-0.15, -0.1) is 16.9 Å². The van der Waals surface area contributed by atoms with Crippen LogP contribution in [0, 0.1) is 6.92 Å². The molecule has 0 spiro atoms. The molecule has 2 rings (SSSR count). The molecule has 19 heavy (non-hydrogen) atoms. The lowest BCUT2D eigenvalue weighted by molar-refractivity contribution is 0.540. The first-order chi connectivity index (χ1) is 9.22. The molecule has 0 amide bonds. The molecule has 0 atom stereocenters. The third kappa shape index (κ3) is 3.47. The molecule has 1 aromatic heterocycles. The Kier molecular flexibility index (Phi) is 4.79.